The Hall–Kier alpha value is -1.42. The van der Waals surface area contributed by atoms with Crippen LogP contribution in [0.15, 0.2) is 48.7 Å². The van der Waals surface area contributed by atoms with Crippen LogP contribution in [0.2, 0.25) is 5.15 Å². The molecule has 1 atom stereocenters. The highest BCUT2D eigenvalue weighted by Gasteiger charge is 2.16. The van der Waals surface area contributed by atoms with E-state index < -0.39 is 0 Å². The number of halogens is 1. The first kappa shape index (κ1) is 15.0. The Morgan fingerprint density at radius 1 is 1.20 bits per heavy atom. The second-order valence-corrected chi connectivity index (χ2v) is 5.23. The Bertz CT molecular complexity index is 516. The summed E-state index contributed by atoms with van der Waals surface area (Å²) in [5.74, 6) is 0. The van der Waals surface area contributed by atoms with Gasteiger partial charge in [-0.2, -0.15) is 0 Å². The molecule has 0 aliphatic carbocycles. The molecule has 1 heterocycles. The van der Waals surface area contributed by atoms with Crippen molar-refractivity contribution in [2.45, 2.75) is 19.0 Å². The van der Waals surface area contributed by atoms with Gasteiger partial charge in [0.05, 0.1) is 0 Å². The maximum atomic E-state index is 9.29. The fourth-order valence-electron chi connectivity index (χ4n) is 2.34. The number of aliphatic hydroxyl groups excluding tert-OH is 1. The molecule has 1 aromatic heterocycles. The number of rotatable bonds is 6. The predicted molar refractivity (Wildman–Crippen MR) is 81.6 cm³/mol. The van der Waals surface area contributed by atoms with Gasteiger partial charge in [0.2, 0.25) is 0 Å². The minimum absolute atomic E-state index is 0.169. The Kier molecular flexibility index (Phi) is 5.53. The van der Waals surface area contributed by atoms with Crippen LogP contribution in [0.1, 0.15) is 23.6 Å². The molecule has 0 aliphatic heterocycles. The summed E-state index contributed by atoms with van der Waals surface area (Å²) in [5.41, 5.74) is 2.32. The molecule has 0 bridgehead atoms. The number of hydrogen-bond donors (Lipinski definition) is 1. The van der Waals surface area contributed by atoms with Crippen molar-refractivity contribution < 1.29 is 5.11 Å². The van der Waals surface area contributed by atoms with Gasteiger partial charge in [-0.25, -0.2) is 4.98 Å². The number of benzene rings is 1. The van der Waals surface area contributed by atoms with Gasteiger partial charge in [0, 0.05) is 25.4 Å². The van der Waals surface area contributed by atoms with Crippen LogP contribution in [0, 0.1) is 0 Å². The topological polar surface area (TPSA) is 36.4 Å². The Morgan fingerprint density at radius 3 is 2.55 bits per heavy atom. The van der Waals surface area contributed by atoms with Crippen LogP contribution in [0.25, 0.3) is 0 Å². The third kappa shape index (κ3) is 4.04. The van der Waals surface area contributed by atoms with Crippen molar-refractivity contribution in [3.05, 3.63) is 64.9 Å². The van der Waals surface area contributed by atoms with E-state index in [2.05, 4.69) is 29.1 Å². The van der Waals surface area contributed by atoms with Crippen LogP contribution < -0.4 is 0 Å². The molecule has 2 aromatic rings. The van der Waals surface area contributed by atoms with Gasteiger partial charge in [0.15, 0.2) is 0 Å². The molecular formula is C16H19ClN2O. The Labute approximate surface area is 124 Å². The van der Waals surface area contributed by atoms with Crippen LogP contribution in [-0.4, -0.2) is 28.6 Å². The summed E-state index contributed by atoms with van der Waals surface area (Å²) in [5, 5.41) is 9.80. The van der Waals surface area contributed by atoms with Gasteiger partial charge in [0.25, 0.3) is 0 Å². The molecule has 0 radical (unpaired) electrons. The van der Waals surface area contributed by atoms with E-state index >= 15 is 0 Å². The Balaban J connectivity index is 2.11. The van der Waals surface area contributed by atoms with Crippen molar-refractivity contribution in [1.82, 2.24) is 9.88 Å². The van der Waals surface area contributed by atoms with Crippen LogP contribution in [0.5, 0.6) is 0 Å². The van der Waals surface area contributed by atoms with E-state index in [1.165, 1.54) is 5.56 Å². The van der Waals surface area contributed by atoms with Crippen molar-refractivity contribution in [2.75, 3.05) is 13.7 Å². The minimum Gasteiger partial charge on any atom is -0.396 e. The van der Waals surface area contributed by atoms with Crippen molar-refractivity contribution in [3.63, 3.8) is 0 Å². The average molecular weight is 291 g/mol. The summed E-state index contributed by atoms with van der Waals surface area (Å²) in [6, 6.07) is 14.2. The summed E-state index contributed by atoms with van der Waals surface area (Å²) < 4.78 is 0. The molecule has 0 aliphatic rings. The highest BCUT2D eigenvalue weighted by atomic mass is 35.5. The van der Waals surface area contributed by atoms with Crippen molar-refractivity contribution in [1.29, 1.82) is 0 Å². The normalized spacial score (nSPS) is 12.6. The fraction of sp³-hybridized carbons (Fsp3) is 0.312. The molecule has 0 amide bonds. The number of aliphatic hydroxyl groups is 1. The maximum absolute atomic E-state index is 9.29. The molecule has 2 rings (SSSR count). The molecule has 4 heteroatoms. The first-order chi connectivity index (χ1) is 9.70. The zero-order valence-electron chi connectivity index (χ0n) is 11.5. The predicted octanol–water partition coefficient (Wildman–Crippen LogP) is 3.29. The summed E-state index contributed by atoms with van der Waals surface area (Å²) in [4.78, 5) is 6.32. The highest BCUT2D eigenvalue weighted by molar-refractivity contribution is 6.29. The highest BCUT2D eigenvalue weighted by Crippen LogP contribution is 2.24. The Morgan fingerprint density at radius 2 is 1.95 bits per heavy atom. The van der Waals surface area contributed by atoms with Crippen molar-refractivity contribution >= 4 is 11.6 Å². The van der Waals surface area contributed by atoms with Gasteiger partial charge >= 0.3 is 0 Å². The molecule has 0 saturated heterocycles. The van der Waals surface area contributed by atoms with E-state index in [0.29, 0.717) is 11.6 Å². The summed E-state index contributed by atoms with van der Waals surface area (Å²) in [6.45, 7) is 0.937. The lowest BCUT2D eigenvalue weighted by Gasteiger charge is -2.28. The zero-order chi connectivity index (χ0) is 14.4. The molecular weight excluding hydrogens is 272 g/mol. The van der Waals surface area contributed by atoms with Gasteiger partial charge in [-0.15, -0.1) is 0 Å². The molecule has 20 heavy (non-hydrogen) atoms. The van der Waals surface area contributed by atoms with E-state index in [4.69, 9.17) is 11.6 Å². The summed E-state index contributed by atoms with van der Waals surface area (Å²) in [7, 11) is 2.06. The number of hydrogen-bond acceptors (Lipinski definition) is 3. The first-order valence-corrected chi connectivity index (χ1v) is 7.05. The lowest BCUT2D eigenvalue weighted by Crippen LogP contribution is -2.25. The molecule has 0 fully saturated rings. The van der Waals surface area contributed by atoms with Crippen molar-refractivity contribution in [2.24, 2.45) is 0 Å². The van der Waals surface area contributed by atoms with Crippen LogP contribution >= 0.6 is 11.6 Å². The van der Waals surface area contributed by atoms with Crippen LogP contribution in [-0.2, 0) is 6.54 Å². The molecule has 0 unspecified atom stereocenters. The van der Waals surface area contributed by atoms with Gasteiger partial charge in [-0.1, -0.05) is 48.0 Å². The third-order valence-corrected chi connectivity index (χ3v) is 3.56. The fourth-order valence-corrected chi connectivity index (χ4v) is 2.45. The van der Waals surface area contributed by atoms with Crippen LogP contribution in [0.4, 0.5) is 0 Å². The summed E-state index contributed by atoms with van der Waals surface area (Å²) in [6.07, 6.45) is 2.50. The zero-order valence-corrected chi connectivity index (χ0v) is 12.3. The van der Waals surface area contributed by atoms with Gasteiger partial charge in [-0.05, 0) is 30.7 Å². The van der Waals surface area contributed by atoms with Crippen LogP contribution in [0.3, 0.4) is 0 Å². The van der Waals surface area contributed by atoms with E-state index in [0.717, 1.165) is 12.1 Å². The lowest BCUT2D eigenvalue weighted by molar-refractivity contribution is 0.180. The largest absolute Gasteiger partial charge is 0.396 e. The van der Waals surface area contributed by atoms with E-state index in [1.807, 2.05) is 24.3 Å². The summed E-state index contributed by atoms with van der Waals surface area (Å²) >= 11 is 5.80. The van der Waals surface area contributed by atoms with Gasteiger partial charge in [0.1, 0.15) is 5.15 Å². The van der Waals surface area contributed by atoms with Crippen molar-refractivity contribution in [3.8, 4) is 0 Å². The smallest absolute Gasteiger partial charge is 0.129 e. The standard InChI is InChI=1S/C16H19ClN2O/c1-19(12-13-7-8-16(17)18-11-13)15(9-10-20)14-5-3-2-4-6-14/h2-8,11,15,20H,9-10,12H2,1H3/t15-/m1/s1. The quantitative estimate of drug-likeness (QED) is 0.830. The maximum Gasteiger partial charge on any atom is 0.129 e. The van der Waals surface area contributed by atoms with E-state index in [9.17, 15) is 5.11 Å². The average Bonchev–Trinajstić information content (AvgIpc) is 2.48. The molecule has 1 aromatic carbocycles. The molecule has 1 N–H and O–H groups in total. The number of aromatic nitrogens is 1. The molecule has 0 spiro atoms. The lowest BCUT2D eigenvalue weighted by atomic mass is 10.0. The second kappa shape index (κ2) is 7.39. The number of nitrogens with zero attached hydrogens (tertiary/aromatic N) is 2. The molecule has 3 nitrogen and oxygen atoms in total. The minimum atomic E-state index is 0.169. The van der Waals surface area contributed by atoms with E-state index in [1.54, 1.807) is 12.3 Å². The monoisotopic (exact) mass is 290 g/mol. The SMILES string of the molecule is CN(Cc1ccc(Cl)nc1)[C@H](CCO)c1ccccc1. The second-order valence-electron chi connectivity index (χ2n) is 4.84. The first-order valence-electron chi connectivity index (χ1n) is 6.67. The molecule has 106 valence electrons. The van der Waals surface area contributed by atoms with E-state index in [-0.39, 0.29) is 12.6 Å². The molecule has 0 saturated carbocycles. The van der Waals surface area contributed by atoms with Gasteiger partial charge in [-0.3, -0.25) is 4.90 Å². The number of pyridine rings is 1. The van der Waals surface area contributed by atoms with Gasteiger partial charge < -0.3 is 5.11 Å². The third-order valence-electron chi connectivity index (χ3n) is 3.34.